The highest BCUT2D eigenvalue weighted by Crippen LogP contribution is 2.26. The fourth-order valence-corrected chi connectivity index (χ4v) is 2.26. The Morgan fingerprint density at radius 1 is 1.08 bits per heavy atom. The van der Waals surface area contributed by atoms with Crippen LogP contribution in [0.15, 0.2) is 46.9 Å². The number of rotatable bonds is 5. The van der Waals surface area contributed by atoms with Gasteiger partial charge in [0.15, 0.2) is 0 Å². The molecule has 0 aliphatic heterocycles. The normalized spacial score (nSPS) is 10.1. The van der Waals surface area contributed by atoms with Gasteiger partial charge in [-0.05, 0) is 45.8 Å². The van der Waals surface area contributed by atoms with E-state index in [0.29, 0.717) is 11.1 Å². The van der Waals surface area contributed by atoms with Crippen LogP contribution in [0.2, 0.25) is 0 Å². The minimum Gasteiger partial charge on any atom is -0.465 e. The van der Waals surface area contributed by atoms with E-state index in [-0.39, 0.29) is 22.3 Å². The van der Waals surface area contributed by atoms with Crippen LogP contribution in [-0.2, 0) is 16.1 Å². The van der Waals surface area contributed by atoms with Crippen molar-refractivity contribution in [2.75, 3.05) is 7.11 Å². The topological polar surface area (TPSA) is 95.7 Å². The molecule has 24 heavy (non-hydrogen) atoms. The monoisotopic (exact) mass is 393 g/mol. The molecular formula is C16H12BrNO6. The van der Waals surface area contributed by atoms with Crippen LogP contribution in [0.3, 0.4) is 0 Å². The van der Waals surface area contributed by atoms with E-state index < -0.39 is 16.9 Å². The number of nitro groups is 1. The average molecular weight is 394 g/mol. The first-order valence-corrected chi connectivity index (χ1v) is 7.50. The first kappa shape index (κ1) is 17.6. The van der Waals surface area contributed by atoms with Gasteiger partial charge >= 0.3 is 11.9 Å². The molecule has 0 N–H and O–H groups in total. The smallest absolute Gasteiger partial charge is 0.338 e. The molecule has 0 fully saturated rings. The molecule has 0 aliphatic carbocycles. The van der Waals surface area contributed by atoms with E-state index in [0.717, 1.165) is 6.07 Å². The van der Waals surface area contributed by atoms with Crippen LogP contribution in [-0.4, -0.2) is 24.0 Å². The number of nitrogens with zero attached hydrogens (tertiary/aromatic N) is 1. The second kappa shape index (κ2) is 7.69. The molecule has 2 rings (SSSR count). The maximum atomic E-state index is 12.0. The standard InChI is InChI=1S/C16H12BrNO6/c1-23-15(19)11-4-2-10(3-5-11)9-24-16(20)12-6-7-13(17)14(8-12)18(21)22/h2-8H,9H2,1H3. The van der Waals surface area contributed by atoms with Gasteiger partial charge in [0.2, 0.25) is 0 Å². The number of benzene rings is 2. The lowest BCUT2D eigenvalue weighted by atomic mass is 10.1. The summed E-state index contributed by atoms with van der Waals surface area (Å²) in [6, 6.07) is 10.4. The lowest BCUT2D eigenvalue weighted by molar-refractivity contribution is -0.385. The molecule has 0 amide bonds. The van der Waals surface area contributed by atoms with E-state index in [1.807, 2.05) is 0 Å². The molecule has 0 unspecified atom stereocenters. The Bertz CT molecular complexity index is 788. The third-order valence-corrected chi connectivity index (χ3v) is 3.79. The van der Waals surface area contributed by atoms with Crippen molar-refractivity contribution in [3.8, 4) is 0 Å². The van der Waals surface area contributed by atoms with Gasteiger partial charge in [-0.15, -0.1) is 0 Å². The van der Waals surface area contributed by atoms with Crippen molar-refractivity contribution in [2.45, 2.75) is 6.61 Å². The number of nitro benzene ring substituents is 1. The fourth-order valence-electron chi connectivity index (χ4n) is 1.87. The van der Waals surface area contributed by atoms with Crippen molar-refractivity contribution in [2.24, 2.45) is 0 Å². The Morgan fingerprint density at radius 2 is 1.71 bits per heavy atom. The summed E-state index contributed by atoms with van der Waals surface area (Å²) in [6.07, 6.45) is 0. The maximum Gasteiger partial charge on any atom is 0.338 e. The van der Waals surface area contributed by atoms with Gasteiger partial charge in [0, 0.05) is 6.07 Å². The maximum absolute atomic E-state index is 12.0. The third-order valence-electron chi connectivity index (χ3n) is 3.12. The zero-order valence-electron chi connectivity index (χ0n) is 12.5. The van der Waals surface area contributed by atoms with E-state index in [1.54, 1.807) is 24.3 Å². The summed E-state index contributed by atoms with van der Waals surface area (Å²) in [5.41, 5.74) is 0.918. The Labute approximate surface area is 145 Å². The number of esters is 2. The first-order chi connectivity index (χ1) is 11.4. The van der Waals surface area contributed by atoms with Crippen molar-refractivity contribution >= 4 is 33.6 Å². The number of hydrogen-bond acceptors (Lipinski definition) is 6. The van der Waals surface area contributed by atoms with Crippen LogP contribution < -0.4 is 0 Å². The summed E-state index contributed by atoms with van der Waals surface area (Å²) in [6.45, 7) is -0.0237. The number of carbonyl (C=O) groups excluding carboxylic acids is 2. The molecule has 0 saturated heterocycles. The highest BCUT2D eigenvalue weighted by atomic mass is 79.9. The number of halogens is 1. The zero-order chi connectivity index (χ0) is 17.7. The second-order valence-corrected chi connectivity index (χ2v) is 5.54. The lowest BCUT2D eigenvalue weighted by Gasteiger charge is -2.06. The van der Waals surface area contributed by atoms with E-state index >= 15 is 0 Å². The van der Waals surface area contributed by atoms with Crippen LogP contribution in [0.4, 0.5) is 5.69 Å². The predicted molar refractivity (Wildman–Crippen MR) is 87.7 cm³/mol. The fraction of sp³-hybridized carbons (Fsp3) is 0.125. The Kier molecular flexibility index (Phi) is 5.64. The molecule has 2 aromatic rings. The van der Waals surface area contributed by atoms with Gasteiger partial charge in [-0.3, -0.25) is 10.1 Å². The molecule has 0 radical (unpaired) electrons. The summed E-state index contributed by atoms with van der Waals surface area (Å²) in [5.74, 6) is -1.14. The molecule has 0 bridgehead atoms. The number of methoxy groups -OCH3 is 1. The summed E-state index contributed by atoms with van der Waals surface area (Å²) in [5, 5.41) is 10.9. The highest BCUT2D eigenvalue weighted by Gasteiger charge is 2.17. The summed E-state index contributed by atoms with van der Waals surface area (Å²) < 4.78 is 9.99. The summed E-state index contributed by atoms with van der Waals surface area (Å²) in [4.78, 5) is 33.6. The first-order valence-electron chi connectivity index (χ1n) is 6.70. The van der Waals surface area contributed by atoms with Crippen molar-refractivity contribution in [1.29, 1.82) is 0 Å². The van der Waals surface area contributed by atoms with Gasteiger partial charge in [-0.25, -0.2) is 9.59 Å². The van der Waals surface area contributed by atoms with E-state index in [1.165, 1.54) is 19.2 Å². The molecule has 2 aromatic carbocycles. The SMILES string of the molecule is COC(=O)c1ccc(COC(=O)c2ccc(Br)c([N+](=O)[O-])c2)cc1. The highest BCUT2D eigenvalue weighted by molar-refractivity contribution is 9.10. The largest absolute Gasteiger partial charge is 0.465 e. The van der Waals surface area contributed by atoms with Gasteiger partial charge in [0.05, 0.1) is 27.6 Å². The molecule has 124 valence electrons. The van der Waals surface area contributed by atoms with Gasteiger partial charge in [-0.1, -0.05) is 12.1 Å². The summed E-state index contributed by atoms with van der Waals surface area (Å²) in [7, 11) is 1.29. The third kappa shape index (κ3) is 4.17. The molecule has 0 aromatic heterocycles. The summed E-state index contributed by atoms with van der Waals surface area (Å²) >= 11 is 3.05. The van der Waals surface area contributed by atoms with Crippen LogP contribution in [0.1, 0.15) is 26.3 Å². The minimum absolute atomic E-state index is 0.0237. The van der Waals surface area contributed by atoms with Crippen molar-refractivity contribution in [1.82, 2.24) is 0 Å². The van der Waals surface area contributed by atoms with Crippen molar-refractivity contribution < 1.29 is 24.0 Å². The minimum atomic E-state index is -0.678. The van der Waals surface area contributed by atoms with Crippen LogP contribution >= 0.6 is 15.9 Å². The van der Waals surface area contributed by atoms with Crippen molar-refractivity contribution in [3.05, 3.63) is 73.7 Å². The quantitative estimate of drug-likeness (QED) is 0.438. The number of carbonyl (C=O) groups is 2. The van der Waals surface area contributed by atoms with E-state index in [4.69, 9.17) is 4.74 Å². The molecule has 0 atom stereocenters. The van der Waals surface area contributed by atoms with Crippen LogP contribution in [0.25, 0.3) is 0 Å². The molecule has 0 spiro atoms. The van der Waals surface area contributed by atoms with Crippen LogP contribution in [0, 0.1) is 10.1 Å². The molecule has 7 nitrogen and oxygen atoms in total. The lowest BCUT2D eigenvalue weighted by Crippen LogP contribution is -2.06. The molecular weight excluding hydrogens is 382 g/mol. The second-order valence-electron chi connectivity index (χ2n) is 4.69. The Balaban J connectivity index is 2.04. The van der Waals surface area contributed by atoms with Gasteiger partial charge < -0.3 is 9.47 Å². The van der Waals surface area contributed by atoms with Gasteiger partial charge in [-0.2, -0.15) is 0 Å². The molecule has 0 saturated carbocycles. The van der Waals surface area contributed by atoms with Gasteiger partial charge in [0.25, 0.3) is 5.69 Å². The predicted octanol–water partition coefficient (Wildman–Crippen LogP) is 3.50. The Hall–Kier alpha value is -2.74. The average Bonchev–Trinajstić information content (AvgIpc) is 2.59. The van der Waals surface area contributed by atoms with Crippen molar-refractivity contribution in [3.63, 3.8) is 0 Å². The molecule has 8 heteroatoms. The Morgan fingerprint density at radius 3 is 2.29 bits per heavy atom. The van der Waals surface area contributed by atoms with Crippen LogP contribution in [0.5, 0.6) is 0 Å². The van der Waals surface area contributed by atoms with Gasteiger partial charge in [0.1, 0.15) is 6.61 Å². The van der Waals surface area contributed by atoms with E-state index in [9.17, 15) is 19.7 Å². The van der Waals surface area contributed by atoms with E-state index in [2.05, 4.69) is 20.7 Å². The molecule has 0 heterocycles. The number of hydrogen-bond donors (Lipinski definition) is 0. The zero-order valence-corrected chi connectivity index (χ0v) is 14.1. The number of ether oxygens (including phenoxy) is 2. The molecule has 0 aliphatic rings.